The summed E-state index contributed by atoms with van der Waals surface area (Å²) in [5.41, 5.74) is 0. The Balaban J connectivity index is 0. The topological polar surface area (TPSA) is 55.8 Å². The van der Waals surface area contributed by atoms with E-state index in [4.69, 9.17) is 5.26 Å². The van der Waals surface area contributed by atoms with Crippen molar-refractivity contribution in [2.24, 2.45) is 0 Å². The van der Waals surface area contributed by atoms with E-state index < -0.39 is 0 Å². The van der Waals surface area contributed by atoms with E-state index in [1.54, 1.807) is 0 Å². The summed E-state index contributed by atoms with van der Waals surface area (Å²) in [4.78, 5) is 13.7. The molecule has 1 unspecified atom stereocenters. The van der Waals surface area contributed by atoms with Crippen LogP contribution in [0.3, 0.4) is 0 Å². The molecule has 1 atom stereocenters. The summed E-state index contributed by atoms with van der Waals surface area (Å²) < 4.78 is 4.20. The van der Waals surface area contributed by atoms with Gasteiger partial charge in [-0.3, -0.25) is 10.1 Å². The van der Waals surface area contributed by atoms with E-state index in [1.165, 1.54) is 12.2 Å². The molecule has 0 heterocycles. The fourth-order valence-corrected chi connectivity index (χ4v) is 0.315. The van der Waals surface area contributed by atoms with Gasteiger partial charge in [0.1, 0.15) is 0 Å². The van der Waals surface area contributed by atoms with Crippen LogP contribution >= 0.6 is 9.47 Å². The highest BCUT2D eigenvalue weighted by Gasteiger charge is 1.90. The SMILES string of the molecule is C=CCC(=O)OP.C=CCOO. The average molecular weight is 192 g/mol. The molecule has 0 rings (SSSR count). The molecule has 0 fully saturated rings. The van der Waals surface area contributed by atoms with Gasteiger partial charge in [-0.2, -0.15) is 0 Å². The zero-order valence-corrected chi connectivity index (χ0v) is 7.89. The second kappa shape index (κ2) is 12.9. The second-order valence-corrected chi connectivity index (χ2v) is 1.80. The number of hydrogen-bond donors (Lipinski definition) is 1. The summed E-state index contributed by atoms with van der Waals surface area (Å²) in [6.07, 6.45) is 3.23. The first kappa shape index (κ1) is 13.9. The van der Waals surface area contributed by atoms with Crippen molar-refractivity contribution >= 4 is 15.4 Å². The van der Waals surface area contributed by atoms with Gasteiger partial charge in [-0.1, -0.05) is 12.2 Å². The zero-order chi connectivity index (χ0) is 9.82. The van der Waals surface area contributed by atoms with Crippen molar-refractivity contribution in [1.29, 1.82) is 0 Å². The first-order valence-corrected chi connectivity index (χ1v) is 3.57. The minimum Gasteiger partial charge on any atom is -0.451 e. The lowest BCUT2D eigenvalue weighted by atomic mass is 10.4. The predicted octanol–water partition coefficient (Wildman–Crippen LogP) is 1.56. The van der Waals surface area contributed by atoms with Gasteiger partial charge in [0.05, 0.1) is 22.5 Å². The van der Waals surface area contributed by atoms with Crippen LogP contribution in [0.2, 0.25) is 0 Å². The third-order valence-electron chi connectivity index (χ3n) is 0.635. The van der Waals surface area contributed by atoms with E-state index in [2.05, 4.69) is 22.6 Å². The monoisotopic (exact) mass is 192 g/mol. The Morgan fingerprint density at radius 1 is 1.50 bits per heavy atom. The Morgan fingerprint density at radius 2 is 2.08 bits per heavy atom. The highest BCUT2D eigenvalue weighted by atomic mass is 31.0. The minimum atomic E-state index is -0.278. The van der Waals surface area contributed by atoms with Gasteiger partial charge in [0, 0.05) is 0 Å². The molecule has 1 N–H and O–H groups in total. The molecule has 0 aliphatic heterocycles. The molecular formula is C7H13O4P. The molecule has 0 saturated heterocycles. The maximum Gasteiger partial charge on any atom is 0.311 e. The summed E-state index contributed by atoms with van der Waals surface area (Å²) in [7, 11) is 1.87. The fourth-order valence-electron chi connectivity index (χ4n) is 0.219. The van der Waals surface area contributed by atoms with Gasteiger partial charge in [-0.25, -0.2) is 4.89 Å². The quantitative estimate of drug-likeness (QED) is 0.318. The van der Waals surface area contributed by atoms with Crippen LogP contribution in [0.15, 0.2) is 25.3 Å². The Kier molecular flexibility index (Phi) is 14.9. The highest BCUT2D eigenvalue weighted by Crippen LogP contribution is 1.90. The molecule has 0 spiro atoms. The van der Waals surface area contributed by atoms with E-state index in [9.17, 15) is 4.79 Å². The highest BCUT2D eigenvalue weighted by molar-refractivity contribution is 7.10. The molecule has 0 saturated carbocycles. The van der Waals surface area contributed by atoms with Gasteiger partial charge < -0.3 is 4.52 Å². The maximum atomic E-state index is 10.1. The number of hydrogen-bond acceptors (Lipinski definition) is 4. The van der Waals surface area contributed by atoms with Crippen molar-refractivity contribution in [3.05, 3.63) is 25.3 Å². The van der Waals surface area contributed by atoms with Crippen LogP contribution in [0, 0.1) is 0 Å². The molecule has 0 aromatic heterocycles. The van der Waals surface area contributed by atoms with Gasteiger partial charge in [0.25, 0.3) is 0 Å². The third-order valence-corrected chi connectivity index (χ3v) is 0.898. The minimum absolute atomic E-state index is 0.208. The van der Waals surface area contributed by atoms with Crippen molar-refractivity contribution in [3.8, 4) is 0 Å². The van der Waals surface area contributed by atoms with Crippen molar-refractivity contribution in [2.75, 3.05) is 6.61 Å². The van der Waals surface area contributed by atoms with Crippen LogP contribution in [0.4, 0.5) is 0 Å². The van der Waals surface area contributed by atoms with Gasteiger partial charge in [-0.05, 0) is 0 Å². The number of rotatable bonds is 4. The van der Waals surface area contributed by atoms with Crippen LogP contribution in [-0.2, 0) is 14.2 Å². The Hall–Kier alpha value is -0.700. The van der Waals surface area contributed by atoms with Gasteiger partial charge >= 0.3 is 5.97 Å². The lowest BCUT2D eigenvalue weighted by Crippen LogP contribution is -1.91. The summed E-state index contributed by atoms with van der Waals surface area (Å²) in [5.74, 6) is -0.278. The number of carbonyl (C=O) groups excluding carboxylic acids is 1. The lowest BCUT2D eigenvalue weighted by Gasteiger charge is -1.88. The molecule has 0 amide bonds. The normalized spacial score (nSPS) is 7.50. The maximum absolute atomic E-state index is 10.1. The summed E-state index contributed by atoms with van der Waals surface area (Å²) in [6.45, 7) is 6.81. The van der Waals surface area contributed by atoms with Crippen LogP contribution in [0.1, 0.15) is 6.42 Å². The van der Waals surface area contributed by atoms with E-state index in [1.807, 2.05) is 9.47 Å². The summed E-state index contributed by atoms with van der Waals surface area (Å²) in [6, 6.07) is 0. The van der Waals surface area contributed by atoms with Crippen molar-refractivity contribution in [1.82, 2.24) is 0 Å². The molecule has 0 bridgehead atoms. The molecule has 0 aliphatic rings. The molecule has 70 valence electrons. The van der Waals surface area contributed by atoms with Crippen LogP contribution in [-0.4, -0.2) is 17.8 Å². The van der Waals surface area contributed by atoms with Crippen molar-refractivity contribution in [3.63, 3.8) is 0 Å². The lowest BCUT2D eigenvalue weighted by molar-refractivity contribution is -0.231. The largest absolute Gasteiger partial charge is 0.451 e. The number of carbonyl (C=O) groups is 1. The second-order valence-electron chi connectivity index (χ2n) is 1.57. The Bertz CT molecular complexity index is 135. The molecule has 0 radical (unpaired) electrons. The molecular weight excluding hydrogens is 179 g/mol. The Labute approximate surface area is 74.1 Å². The summed E-state index contributed by atoms with van der Waals surface area (Å²) >= 11 is 0. The van der Waals surface area contributed by atoms with Gasteiger partial charge in [0.2, 0.25) is 0 Å². The average Bonchev–Trinajstić information content (AvgIpc) is 2.07. The van der Waals surface area contributed by atoms with E-state index in [0.717, 1.165) is 0 Å². The smallest absolute Gasteiger partial charge is 0.311 e. The van der Waals surface area contributed by atoms with Crippen LogP contribution < -0.4 is 0 Å². The van der Waals surface area contributed by atoms with E-state index in [-0.39, 0.29) is 19.0 Å². The van der Waals surface area contributed by atoms with Crippen molar-refractivity contribution < 1.29 is 19.5 Å². The van der Waals surface area contributed by atoms with E-state index in [0.29, 0.717) is 0 Å². The Morgan fingerprint density at radius 3 is 2.17 bits per heavy atom. The fraction of sp³-hybridized carbons (Fsp3) is 0.286. The van der Waals surface area contributed by atoms with Crippen molar-refractivity contribution in [2.45, 2.75) is 6.42 Å². The molecule has 0 aromatic rings. The third kappa shape index (κ3) is 16.1. The van der Waals surface area contributed by atoms with E-state index >= 15 is 0 Å². The molecule has 12 heavy (non-hydrogen) atoms. The van der Waals surface area contributed by atoms with Gasteiger partial charge in [0.15, 0.2) is 0 Å². The standard InChI is InChI=1S/C4H7O2P.C3H6O2/c1-2-3-4(5)6-7;1-2-3-5-4/h2H,1,3,7H2;2,4H,1,3H2. The summed E-state index contributed by atoms with van der Waals surface area (Å²) in [5, 5.41) is 7.50. The zero-order valence-electron chi connectivity index (χ0n) is 6.73. The first-order valence-electron chi connectivity index (χ1n) is 3.10. The van der Waals surface area contributed by atoms with Crippen LogP contribution in [0.5, 0.6) is 0 Å². The predicted molar refractivity (Wildman–Crippen MR) is 49.4 cm³/mol. The molecule has 0 aromatic carbocycles. The van der Waals surface area contributed by atoms with Gasteiger partial charge in [-0.15, -0.1) is 13.2 Å². The van der Waals surface area contributed by atoms with Crippen LogP contribution in [0.25, 0.3) is 0 Å². The molecule has 4 nitrogen and oxygen atoms in total. The first-order chi connectivity index (χ1) is 5.72. The molecule has 5 heteroatoms. The molecule has 0 aliphatic carbocycles.